The SMILES string of the molecule is C[C@H]1CN(C(=O)O)c2cc(-c3cnn(C4CC4)c3)ccc2N1C(=O)CC1CCC1. The molecule has 2 aliphatic carbocycles. The smallest absolute Gasteiger partial charge is 0.411 e. The van der Waals surface area contributed by atoms with Crippen molar-refractivity contribution in [1.82, 2.24) is 9.78 Å². The van der Waals surface area contributed by atoms with Crippen LogP contribution in [0.25, 0.3) is 11.1 Å². The van der Waals surface area contributed by atoms with Gasteiger partial charge in [0.05, 0.1) is 29.7 Å². The zero-order valence-electron chi connectivity index (χ0n) is 16.6. The number of carbonyl (C=O) groups is 2. The van der Waals surface area contributed by atoms with Crippen LogP contribution in [0.4, 0.5) is 16.2 Å². The average Bonchev–Trinajstić information content (AvgIpc) is 3.40. The highest BCUT2D eigenvalue weighted by Crippen LogP contribution is 2.41. The van der Waals surface area contributed by atoms with Gasteiger partial charge in [-0.3, -0.25) is 14.4 Å². The van der Waals surface area contributed by atoms with Crippen molar-refractivity contribution in [2.75, 3.05) is 16.3 Å². The summed E-state index contributed by atoms with van der Waals surface area (Å²) in [6, 6.07) is 6.05. The molecule has 1 N–H and O–H groups in total. The first-order valence-corrected chi connectivity index (χ1v) is 10.5. The topological polar surface area (TPSA) is 78.7 Å². The van der Waals surface area contributed by atoms with Crippen molar-refractivity contribution in [2.45, 2.75) is 57.5 Å². The minimum Gasteiger partial charge on any atom is -0.465 e. The van der Waals surface area contributed by atoms with Gasteiger partial charge in [0.1, 0.15) is 0 Å². The Kier molecular flexibility index (Phi) is 4.33. The predicted molar refractivity (Wildman–Crippen MR) is 110 cm³/mol. The van der Waals surface area contributed by atoms with E-state index in [1.54, 1.807) is 0 Å². The first kappa shape index (κ1) is 18.2. The van der Waals surface area contributed by atoms with Crippen LogP contribution >= 0.6 is 0 Å². The average molecular weight is 394 g/mol. The van der Waals surface area contributed by atoms with Crippen LogP contribution in [-0.2, 0) is 4.79 Å². The minimum absolute atomic E-state index is 0.0998. The Labute approximate surface area is 169 Å². The summed E-state index contributed by atoms with van der Waals surface area (Å²) in [4.78, 5) is 28.1. The molecule has 1 aromatic heterocycles. The van der Waals surface area contributed by atoms with Gasteiger partial charge in [-0.25, -0.2) is 4.79 Å². The number of anilines is 2. The van der Waals surface area contributed by atoms with Gasteiger partial charge in [-0.1, -0.05) is 12.5 Å². The number of fused-ring (bicyclic) bond motifs is 1. The Hall–Kier alpha value is -2.83. The largest absolute Gasteiger partial charge is 0.465 e. The van der Waals surface area contributed by atoms with Gasteiger partial charge >= 0.3 is 6.09 Å². The first-order valence-electron chi connectivity index (χ1n) is 10.5. The Morgan fingerprint density at radius 1 is 1.14 bits per heavy atom. The molecule has 0 bridgehead atoms. The molecule has 7 heteroatoms. The van der Waals surface area contributed by atoms with Crippen molar-refractivity contribution in [3.63, 3.8) is 0 Å². The molecule has 0 saturated heterocycles. The Bertz CT molecular complexity index is 961. The molecule has 1 atom stereocenters. The number of rotatable bonds is 4. The Morgan fingerprint density at radius 2 is 1.93 bits per heavy atom. The maximum atomic E-state index is 13.0. The zero-order chi connectivity index (χ0) is 20.1. The standard InChI is InChI=1S/C22H26N4O3/c1-14-12-24(22(28)29)20-10-16(17-11-23-25(13-17)18-6-7-18)5-8-19(20)26(14)21(27)9-15-3-2-4-15/h5,8,10-11,13-15,18H,2-4,6-7,9,12H2,1H3,(H,28,29)/t14-/m0/s1. The van der Waals surface area contributed by atoms with Crippen molar-refractivity contribution >= 4 is 23.4 Å². The molecule has 2 aromatic rings. The van der Waals surface area contributed by atoms with Crippen molar-refractivity contribution in [3.05, 3.63) is 30.6 Å². The molecule has 0 radical (unpaired) electrons. The molecular weight excluding hydrogens is 368 g/mol. The van der Waals surface area contributed by atoms with E-state index in [0.717, 1.165) is 36.8 Å². The summed E-state index contributed by atoms with van der Waals surface area (Å²) in [5.41, 5.74) is 3.15. The Morgan fingerprint density at radius 3 is 2.59 bits per heavy atom. The van der Waals surface area contributed by atoms with Crippen molar-refractivity contribution in [3.8, 4) is 11.1 Å². The second-order valence-electron chi connectivity index (χ2n) is 8.65. The molecule has 0 unspecified atom stereocenters. The fraction of sp³-hybridized carbons (Fsp3) is 0.500. The lowest BCUT2D eigenvalue weighted by atomic mass is 9.82. The molecule has 1 aromatic carbocycles. The molecular formula is C22H26N4O3. The second-order valence-corrected chi connectivity index (χ2v) is 8.65. The normalized spacial score (nSPS) is 21.6. The van der Waals surface area contributed by atoms with E-state index in [9.17, 15) is 14.7 Å². The van der Waals surface area contributed by atoms with Gasteiger partial charge in [0.2, 0.25) is 5.91 Å². The number of amides is 2. The minimum atomic E-state index is -0.991. The van der Waals surface area contributed by atoms with Gasteiger partial charge in [0.15, 0.2) is 0 Å². The maximum absolute atomic E-state index is 13.0. The van der Waals surface area contributed by atoms with Gasteiger partial charge in [-0.2, -0.15) is 5.10 Å². The van der Waals surface area contributed by atoms with Gasteiger partial charge in [0, 0.05) is 24.7 Å². The molecule has 3 aliphatic rings. The predicted octanol–water partition coefficient (Wildman–Crippen LogP) is 4.29. The van der Waals surface area contributed by atoms with E-state index in [-0.39, 0.29) is 18.5 Å². The van der Waals surface area contributed by atoms with Crippen LogP contribution in [0.3, 0.4) is 0 Å². The monoisotopic (exact) mass is 394 g/mol. The lowest BCUT2D eigenvalue weighted by Crippen LogP contribution is -2.52. The maximum Gasteiger partial charge on any atom is 0.411 e. The van der Waals surface area contributed by atoms with E-state index in [0.29, 0.717) is 29.8 Å². The summed E-state index contributed by atoms with van der Waals surface area (Å²) in [6.45, 7) is 2.20. The second kappa shape index (κ2) is 6.90. The van der Waals surface area contributed by atoms with E-state index in [1.807, 2.05) is 47.1 Å². The van der Waals surface area contributed by atoms with Crippen LogP contribution in [0, 0.1) is 5.92 Å². The van der Waals surface area contributed by atoms with Crippen LogP contribution in [0.1, 0.15) is 51.5 Å². The zero-order valence-corrected chi connectivity index (χ0v) is 16.6. The molecule has 2 amide bonds. The van der Waals surface area contributed by atoms with Crippen LogP contribution in [0.15, 0.2) is 30.6 Å². The molecule has 0 spiro atoms. The van der Waals surface area contributed by atoms with Gasteiger partial charge in [-0.05, 0) is 56.2 Å². The van der Waals surface area contributed by atoms with Crippen LogP contribution in [0.2, 0.25) is 0 Å². The van der Waals surface area contributed by atoms with E-state index < -0.39 is 6.09 Å². The first-order chi connectivity index (χ1) is 14.0. The van der Waals surface area contributed by atoms with Crippen LogP contribution in [-0.4, -0.2) is 39.5 Å². The third kappa shape index (κ3) is 3.28. The van der Waals surface area contributed by atoms with E-state index in [2.05, 4.69) is 5.10 Å². The molecule has 5 rings (SSSR count). The number of hydrogen-bond donors (Lipinski definition) is 1. The third-order valence-electron chi connectivity index (χ3n) is 6.46. The summed E-state index contributed by atoms with van der Waals surface area (Å²) in [5.74, 6) is 0.575. The molecule has 7 nitrogen and oxygen atoms in total. The van der Waals surface area contributed by atoms with Crippen LogP contribution in [0.5, 0.6) is 0 Å². The fourth-order valence-electron chi connectivity index (χ4n) is 4.43. The summed E-state index contributed by atoms with van der Waals surface area (Å²) < 4.78 is 1.99. The Balaban J connectivity index is 1.50. The molecule has 29 heavy (non-hydrogen) atoms. The molecule has 2 heterocycles. The van der Waals surface area contributed by atoms with Gasteiger partial charge in [-0.15, -0.1) is 0 Å². The van der Waals surface area contributed by atoms with Crippen LogP contribution < -0.4 is 9.80 Å². The summed E-state index contributed by atoms with van der Waals surface area (Å²) in [6.07, 6.45) is 9.17. The number of carboxylic acid groups (broad SMARTS) is 1. The lowest BCUT2D eigenvalue weighted by Gasteiger charge is -2.41. The number of benzene rings is 1. The number of carbonyl (C=O) groups excluding carboxylic acids is 1. The molecule has 152 valence electrons. The number of nitrogens with zero attached hydrogens (tertiary/aromatic N) is 4. The molecule has 1 aliphatic heterocycles. The third-order valence-corrected chi connectivity index (χ3v) is 6.46. The molecule has 2 saturated carbocycles. The highest BCUT2D eigenvalue weighted by molar-refractivity contribution is 6.03. The number of hydrogen-bond acceptors (Lipinski definition) is 3. The highest BCUT2D eigenvalue weighted by Gasteiger charge is 2.36. The highest BCUT2D eigenvalue weighted by atomic mass is 16.4. The van der Waals surface area contributed by atoms with Crippen molar-refractivity contribution < 1.29 is 14.7 Å². The van der Waals surface area contributed by atoms with E-state index in [1.165, 1.54) is 11.3 Å². The summed E-state index contributed by atoms with van der Waals surface area (Å²) in [7, 11) is 0. The van der Waals surface area contributed by atoms with Crippen molar-refractivity contribution in [1.29, 1.82) is 0 Å². The fourth-order valence-corrected chi connectivity index (χ4v) is 4.43. The molecule has 2 fully saturated rings. The van der Waals surface area contributed by atoms with Gasteiger partial charge < -0.3 is 10.0 Å². The number of aromatic nitrogens is 2. The van der Waals surface area contributed by atoms with E-state index >= 15 is 0 Å². The summed E-state index contributed by atoms with van der Waals surface area (Å²) in [5, 5.41) is 14.2. The quantitative estimate of drug-likeness (QED) is 0.839. The van der Waals surface area contributed by atoms with Crippen molar-refractivity contribution in [2.24, 2.45) is 5.92 Å². The van der Waals surface area contributed by atoms with E-state index in [4.69, 9.17) is 0 Å². The van der Waals surface area contributed by atoms with Gasteiger partial charge in [0.25, 0.3) is 0 Å². The lowest BCUT2D eigenvalue weighted by molar-refractivity contribution is -0.120. The summed E-state index contributed by atoms with van der Waals surface area (Å²) >= 11 is 0.